The van der Waals surface area contributed by atoms with Crippen LogP contribution in [0, 0.1) is 19.8 Å². The number of nitrogens with one attached hydrogen (secondary N) is 1. The maximum absolute atomic E-state index is 11.8. The van der Waals surface area contributed by atoms with Crippen molar-refractivity contribution in [3.05, 3.63) is 21.4 Å². The maximum Gasteiger partial charge on any atom is 0.308 e. The number of thiophene rings is 1. The molecule has 1 saturated carbocycles. The lowest BCUT2D eigenvalue weighted by molar-refractivity contribution is -0.149. The predicted octanol–water partition coefficient (Wildman–Crippen LogP) is 3.58. The SMILES string of the molecule is CCOC(=O)C1CCCC(NCc2cc(C)c(C)s2)C1. The Morgan fingerprint density at radius 2 is 2.25 bits per heavy atom. The highest BCUT2D eigenvalue weighted by Gasteiger charge is 2.27. The lowest BCUT2D eigenvalue weighted by atomic mass is 9.85. The number of hydrogen-bond acceptors (Lipinski definition) is 4. The van der Waals surface area contributed by atoms with Crippen molar-refractivity contribution in [3.63, 3.8) is 0 Å². The van der Waals surface area contributed by atoms with E-state index in [1.807, 2.05) is 18.3 Å². The van der Waals surface area contributed by atoms with Gasteiger partial charge in [0, 0.05) is 22.3 Å². The topological polar surface area (TPSA) is 38.3 Å². The van der Waals surface area contributed by atoms with Crippen molar-refractivity contribution in [3.8, 4) is 0 Å². The predicted molar refractivity (Wildman–Crippen MR) is 83.0 cm³/mol. The Hall–Kier alpha value is -0.870. The second-order valence-electron chi connectivity index (χ2n) is 5.65. The van der Waals surface area contributed by atoms with Gasteiger partial charge in [0.15, 0.2) is 0 Å². The van der Waals surface area contributed by atoms with Gasteiger partial charge in [0.25, 0.3) is 0 Å². The van der Waals surface area contributed by atoms with E-state index in [0.717, 1.165) is 25.8 Å². The molecule has 1 aliphatic carbocycles. The summed E-state index contributed by atoms with van der Waals surface area (Å²) in [4.78, 5) is 14.6. The minimum atomic E-state index is -0.0122. The van der Waals surface area contributed by atoms with Gasteiger partial charge in [-0.3, -0.25) is 4.79 Å². The highest BCUT2D eigenvalue weighted by molar-refractivity contribution is 7.12. The molecule has 3 nitrogen and oxygen atoms in total. The minimum Gasteiger partial charge on any atom is -0.466 e. The first-order valence-corrected chi connectivity index (χ1v) is 8.37. The molecule has 20 heavy (non-hydrogen) atoms. The number of esters is 1. The Labute approximate surface area is 125 Å². The third-order valence-electron chi connectivity index (χ3n) is 4.08. The van der Waals surface area contributed by atoms with Crippen molar-refractivity contribution < 1.29 is 9.53 Å². The largest absolute Gasteiger partial charge is 0.466 e. The average Bonchev–Trinajstić information content (AvgIpc) is 2.76. The Bertz CT molecular complexity index is 436. The van der Waals surface area contributed by atoms with Crippen LogP contribution in [0.3, 0.4) is 0 Å². The molecule has 1 heterocycles. The van der Waals surface area contributed by atoms with E-state index in [2.05, 4.69) is 25.2 Å². The summed E-state index contributed by atoms with van der Waals surface area (Å²) in [5.74, 6) is 0.0785. The van der Waals surface area contributed by atoms with Crippen LogP contribution in [-0.2, 0) is 16.1 Å². The molecule has 0 radical (unpaired) electrons. The molecule has 0 aromatic carbocycles. The van der Waals surface area contributed by atoms with Gasteiger partial charge in [0.05, 0.1) is 12.5 Å². The summed E-state index contributed by atoms with van der Waals surface area (Å²) < 4.78 is 5.15. The fourth-order valence-electron chi connectivity index (χ4n) is 2.83. The fraction of sp³-hybridized carbons (Fsp3) is 0.688. The van der Waals surface area contributed by atoms with E-state index in [0.29, 0.717) is 12.6 Å². The summed E-state index contributed by atoms with van der Waals surface area (Å²) in [7, 11) is 0. The molecule has 4 heteroatoms. The number of aryl methyl sites for hydroxylation is 2. The van der Waals surface area contributed by atoms with E-state index < -0.39 is 0 Å². The molecular weight excluding hydrogens is 270 g/mol. The highest BCUT2D eigenvalue weighted by Crippen LogP contribution is 2.26. The fourth-order valence-corrected chi connectivity index (χ4v) is 3.84. The van der Waals surface area contributed by atoms with E-state index in [-0.39, 0.29) is 11.9 Å². The molecule has 0 aliphatic heterocycles. The van der Waals surface area contributed by atoms with Crippen molar-refractivity contribution in [2.24, 2.45) is 5.92 Å². The van der Waals surface area contributed by atoms with Crippen LogP contribution in [0.4, 0.5) is 0 Å². The highest BCUT2D eigenvalue weighted by atomic mass is 32.1. The van der Waals surface area contributed by atoms with Crippen LogP contribution in [0.2, 0.25) is 0 Å². The standard InChI is InChI=1S/C16H25NO2S/c1-4-19-16(18)13-6-5-7-14(9-13)17-10-15-8-11(2)12(3)20-15/h8,13-14,17H,4-7,9-10H2,1-3H3. The molecule has 2 atom stereocenters. The molecule has 1 N–H and O–H groups in total. The lowest BCUT2D eigenvalue weighted by Crippen LogP contribution is -2.36. The number of rotatable bonds is 5. The summed E-state index contributed by atoms with van der Waals surface area (Å²) in [6.07, 6.45) is 4.18. The number of carbonyl (C=O) groups excluding carboxylic acids is 1. The zero-order valence-corrected chi connectivity index (χ0v) is 13.5. The number of ether oxygens (including phenoxy) is 1. The Morgan fingerprint density at radius 3 is 2.90 bits per heavy atom. The molecule has 112 valence electrons. The summed E-state index contributed by atoms with van der Waals surface area (Å²) in [6, 6.07) is 2.71. The molecule has 1 aromatic rings. The van der Waals surface area contributed by atoms with Crippen LogP contribution in [0.1, 0.15) is 47.9 Å². The first-order chi connectivity index (χ1) is 9.60. The van der Waals surface area contributed by atoms with Crippen molar-refractivity contribution in [2.75, 3.05) is 6.61 Å². The normalized spacial score (nSPS) is 22.8. The second kappa shape index (κ2) is 7.23. The van der Waals surface area contributed by atoms with Crippen molar-refractivity contribution in [2.45, 2.75) is 59.0 Å². The molecule has 1 aromatic heterocycles. The van der Waals surface area contributed by atoms with Crippen molar-refractivity contribution in [1.29, 1.82) is 0 Å². The van der Waals surface area contributed by atoms with Crippen molar-refractivity contribution >= 4 is 17.3 Å². The third kappa shape index (κ3) is 4.06. The zero-order valence-electron chi connectivity index (χ0n) is 12.7. The first-order valence-electron chi connectivity index (χ1n) is 7.56. The zero-order chi connectivity index (χ0) is 14.5. The molecule has 0 saturated heterocycles. The van der Waals surface area contributed by atoms with Gasteiger partial charge in [0.2, 0.25) is 0 Å². The van der Waals surface area contributed by atoms with Gasteiger partial charge in [-0.25, -0.2) is 0 Å². The summed E-state index contributed by atoms with van der Waals surface area (Å²) in [6.45, 7) is 7.60. The van der Waals surface area contributed by atoms with E-state index in [4.69, 9.17) is 4.74 Å². The molecule has 1 fully saturated rings. The van der Waals surface area contributed by atoms with Gasteiger partial charge in [-0.05, 0) is 51.7 Å². The van der Waals surface area contributed by atoms with E-state index in [1.54, 1.807) is 0 Å². The van der Waals surface area contributed by atoms with Crippen molar-refractivity contribution in [1.82, 2.24) is 5.32 Å². The maximum atomic E-state index is 11.8. The van der Waals surface area contributed by atoms with E-state index in [9.17, 15) is 4.79 Å². The molecule has 0 spiro atoms. The second-order valence-corrected chi connectivity index (χ2v) is 6.99. The summed E-state index contributed by atoms with van der Waals surface area (Å²) >= 11 is 1.86. The van der Waals surface area contributed by atoms with E-state index in [1.165, 1.54) is 21.7 Å². The van der Waals surface area contributed by atoms with Crippen LogP contribution in [-0.4, -0.2) is 18.6 Å². The Balaban J connectivity index is 1.82. The molecule has 0 amide bonds. The third-order valence-corrected chi connectivity index (χ3v) is 5.23. The Morgan fingerprint density at radius 1 is 1.45 bits per heavy atom. The monoisotopic (exact) mass is 295 g/mol. The summed E-state index contributed by atoms with van der Waals surface area (Å²) in [5.41, 5.74) is 1.37. The first kappa shape index (κ1) is 15.5. The molecule has 1 aliphatic rings. The van der Waals surface area contributed by atoms with Crippen LogP contribution in [0.15, 0.2) is 6.07 Å². The average molecular weight is 295 g/mol. The van der Waals surface area contributed by atoms with Crippen LogP contribution >= 0.6 is 11.3 Å². The number of hydrogen-bond donors (Lipinski definition) is 1. The van der Waals surface area contributed by atoms with Gasteiger partial charge in [-0.1, -0.05) is 6.42 Å². The van der Waals surface area contributed by atoms with Crippen LogP contribution in [0.25, 0.3) is 0 Å². The minimum absolute atomic E-state index is 0.0122. The molecule has 2 unspecified atom stereocenters. The molecule has 0 bridgehead atoms. The molecular formula is C16H25NO2S. The van der Waals surface area contributed by atoms with Gasteiger partial charge in [-0.15, -0.1) is 11.3 Å². The van der Waals surface area contributed by atoms with Gasteiger partial charge in [0.1, 0.15) is 0 Å². The van der Waals surface area contributed by atoms with Gasteiger partial charge < -0.3 is 10.1 Å². The van der Waals surface area contributed by atoms with Crippen LogP contribution in [0.5, 0.6) is 0 Å². The Kier molecular flexibility index (Phi) is 5.61. The van der Waals surface area contributed by atoms with Crippen LogP contribution < -0.4 is 5.32 Å². The summed E-state index contributed by atoms with van der Waals surface area (Å²) in [5, 5.41) is 3.61. The van der Waals surface area contributed by atoms with E-state index >= 15 is 0 Å². The van der Waals surface area contributed by atoms with Gasteiger partial charge >= 0.3 is 5.97 Å². The quantitative estimate of drug-likeness (QED) is 0.844. The van der Waals surface area contributed by atoms with Gasteiger partial charge in [-0.2, -0.15) is 0 Å². The smallest absolute Gasteiger partial charge is 0.308 e. The number of carbonyl (C=O) groups is 1. The lowest BCUT2D eigenvalue weighted by Gasteiger charge is -2.28. The molecule has 2 rings (SSSR count).